The lowest BCUT2D eigenvalue weighted by Gasteiger charge is -2.12. The average Bonchev–Trinajstić information content (AvgIpc) is 3.11. The summed E-state index contributed by atoms with van der Waals surface area (Å²) in [6.07, 6.45) is 0. The van der Waals surface area contributed by atoms with Crippen LogP contribution in [-0.4, -0.2) is 29.7 Å². The first kappa shape index (κ1) is 17.8. The Bertz CT molecular complexity index is 1130. The van der Waals surface area contributed by atoms with Gasteiger partial charge in [-0.25, -0.2) is 9.78 Å². The molecule has 5 nitrogen and oxygen atoms in total. The number of fused-ring (bicyclic) bond motifs is 1. The van der Waals surface area contributed by atoms with E-state index in [-0.39, 0.29) is 0 Å². The highest BCUT2D eigenvalue weighted by atomic mass is 16.5. The Hall–Kier alpha value is -3.60. The molecule has 0 aliphatic carbocycles. The molecule has 2 aromatic carbocycles. The summed E-state index contributed by atoms with van der Waals surface area (Å²) in [6, 6.07) is 23.8. The van der Waals surface area contributed by atoms with Crippen LogP contribution < -0.4 is 4.74 Å². The Kier molecular flexibility index (Phi) is 4.81. The molecule has 2 heterocycles. The molecule has 4 rings (SSSR count). The van der Waals surface area contributed by atoms with E-state index in [0.29, 0.717) is 12.2 Å². The molecule has 0 bridgehead atoms. The van der Waals surface area contributed by atoms with Crippen molar-refractivity contribution in [2.45, 2.75) is 6.54 Å². The topological polar surface area (TPSA) is 53.4 Å². The average molecular weight is 372 g/mol. The molecule has 0 amide bonds. The smallest absolute Gasteiger partial charge is 0.356 e. The number of carbonyl (C=O) groups excluding carboxylic acids is 1. The van der Waals surface area contributed by atoms with E-state index in [1.165, 1.54) is 7.11 Å². The third kappa shape index (κ3) is 3.34. The summed E-state index contributed by atoms with van der Waals surface area (Å²) < 4.78 is 12.4. The molecule has 0 radical (unpaired) electrons. The van der Waals surface area contributed by atoms with Crippen molar-refractivity contribution in [2.75, 3.05) is 14.2 Å². The first-order valence-electron chi connectivity index (χ1n) is 8.96. The van der Waals surface area contributed by atoms with Crippen molar-refractivity contribution in [1.29, 1.82) is 0 Å². The highest BCUT2D eigenvalue weighted by Crippen LogP contribution is 2.31. The molecule has 2 aromatic heterocycles. The van der Waals surface area contributed by atoms with Gasteiger partial charge in [0.15, 0.2) is 0 Å². The molecule has 0 fully saturated rings. The van der Waals surface area contributed by atoms with Gasteiger partial charge in [-0.2, -0.15) is 0 Å². The van der Waals surface area contributed by atoms with E-state index < -0.39 is 5.97 Å². The maximum absolute atomic E-state index is 11.8. The van der Waals surface area contributed by atoms with Crippen LogP contribution in [0.15, 0.2) is 72.8 Å². The number of rotatable bonds is 5. The fourth-order valence-corrected chi connectivity index (χ4v) is 3.34. The Morgan fingerprint density at radius 1 is 0.964 bits per heavy atom. The highest BCUT2D eigenvalue weighted by molar-refractivity contribution is 5.88. The van der Waals surface area contributed by atoms with Crippen LogP contribution in [0.5, 0.6) is 5.75 Å². The lowest BCUT2D eigenvalue weighted by molar-refractivity contribution is 0.0593. The van der Waals surface area contributed by atoms with Crippen LogP contribution in [0, 0.1) is 0 Å². The van der Waals surface area contributed by atoms with Gasteiger partial charge in [0.25, 0.3) is 0 Å². The molecule has 0 unspecified atom stereocenters. The fourth-order valence-electron chi connectivity index (χ4n) is 3.34. The fraction of sp³-hybridized carbons (Fsp3) is 0.130. The highest BCUT2D eigenvalue weighted by Gasteiger charge is 2.14. The number of esters is 1. The Labute approximate surface area is 163 Å². The molecule has 0 saturated heterocycles. The second kappa shape index (κ2) is 7.56. The number of hydrogen-bond donors (Lipinski definition) is 0. The van der Waals surface area contributed by atoms with Crippen LogP contribution in [0.4, 0.5) is 0 Å². The molecule has 0 aliphatic rings. The minimum atomic E-state index is -0.438. The van der Waals surface area contributed by atoms with Crippen molar-refractivity contribution in [3.05, 3.63) is 84.2 Å². The van der Waals surface area contributed by atoms with Crippen LogP contribution >= 0.6 is 0 Å². The van der Waals surface area contributed by atoms with E-state index in [4.69, 9.17) is 9.47 Å². The van der Waals surface area contributed by atoms with Crippen LogP contribution in [0.3, 0.4) is 0 Å². The zero-order chi connectivity index (χ0) is 19.5. The Morgan fingerprint density at radius 3 is 2.54 bits per heavy atom. The SMILES string of the molecule is COC(=O)c1cccc(Cn2c(-c3ccccc3)cc3cc(OC)ccc32)n1. The standard InChI is InChI=1S/C23H20N2O3/c1-27-19-11-12-21-17(13-19)14-22(16-7-4-3-5-8-16)25(21)15-18-9-6-10-20(24-18)23(26)28-2/h3-14H,15H2,1-2H3. The number of nitrogens with zero attached hydrogens (tertiary/aromatic N) is 2. The number of aromatic nitrogens is 2. The summed E-state index contributed by atoms with van der Waals surface area (Å²) in [6.45, 7) is 0.533. The van der Waals surface area contributed by atoms with E-state index >= 15 is 0 Å². The summed E-state index contributed by atoms with van der Waals surface area (Å²) >= 11 is 0. The molecule has 28 heavy (non-hydrogen) atoms. The van der Waals surface area contributed by atoms with Crippen LogP contribution in [-0.2, 0) is 11.3 Å². The summed E-state index contributed by atoms with van der Waals surface area (Å²) in [7, 11) is 3.02. The molecule has 5 heteroatoms. The van der Waals surface area contributed by atoms with Crippen molar-refractivity contribution < 1.29 is 14.3 Å². The second-order valence-electron chi connectivity index (χ2n) is 6.41. The molecule has 0 N–H and O–H groups in total. The van der Waals surface area contributed by atoms with E-state index in [0.717, 1.165) is 33.6 Å². The maximum Gasteiger partial charge on any atom is 0.356 e. The second-order valence-corrected chi connectivity index (χ2v) is 6.41. The minimum Gasteiger partial charge on any atom is -0.497 e. The minimum absolute atomic E-state index is 0.305. The van der Waals surface area contributed by atoms with Gasteiger partial charge in [-0.1, -0.05) is 36.4 Å². The summed E-state index contributed by atoms with van der Waals surface area (Å²) in [5.41, 5.74) is 4.36. The summed E-state index contributed by atoms with van der Waals surface area (Å²) in [4.78, 5) is 16.3. The molecule has 0 saturated carbocycles. The molecular weight excluding hydrogens is 352 g/mol. The van der Waals surface area contributed by atoms with Gasteiger partial charge in [0, 0.05) is 16.6 Å². The zero-order valence-corrected chi connectivity index (χ0v) is 15.8. The number of ether oxygens (including phenoxy) is 2. The Balaban J connectivity index is 1.84. The van der Waals surface area contributed by atoms with Gasteiger partial charge in [0.05, 0.1) is 26.5 Å². The van der Waals surface area contributed by atoms with Gasteiger partial charge in [-0.3, -0.25) is 0 Å². The van der Waals surface area contributed by atoms with Crippen LogP contribution in [0.2, 0.25) is 0 Å². The van der Waals surface area contributed by atoms with Gasteiger partial charge >= 0.3 is 5.97 Å². The number of benzene rings is 2. The molecule has 140 valence electrons. The van der Waals surface area contributed by atoms with E-state index in [2.05, 4.69) is 27.8 Å². The molecular formula is C23H20N2O3. The number of pyridine rings is 1. The predicted molar refractivity (Wildman–Crippen MR) is 109 cm³/mol. The molecule has 0 atom stereocenters. The quantitative estimate of drug-likeness (QED) is 0.483. The third-order valence-electron chi connectivity index (χ3n) is 4.70. The predicted octanol–water partition coefficient (Wildman–Crippen LogP) is 4.55. The largest absolute Gasteiger partial charge is 0.497 e. The van der Waals surface area contributed by atoms with Gasteiger partial charge in [0.1, 0.15) is 11.4 Å². The van der Waals surface area contributed by atoms with Crippen LogP contribution in [0.25, 0.3) is 22.2 Å². The first-order valence-corrected chi connectivity index (χ1v) is 8.96. The van der Waals surface area contributed by atoms with E-state index in [1.807, 2.05) is 48.5 Å². The normalized spacial score (nSPS) is 10.8. The van der Waals surface area contributed by atoms with Crippen molar-refractivity contribution >= 4 is 16.9 Å². The Morgan fingerprint density at radius 2 is 1.79 bits per heavy atom. The molecule has 0 spiro atoms. The summed E-state index contributed by atoms with van der Waals surface area (Å²) in [5, 5.41) is 1.09. The van der Waals surface area contributed by atoms with Crippen LogP contribution in [0.1, 0.15) is 16.2 Å². The van der Waals surface area contributed by atoms with E-state index in [1.54, 1.807) is 13.2 Å². The summed E-state index contributed by atoms with van der Waals surface area (Å²) in [5.74, 6) is 0.377. The monoisotopic (exact) mass is 372 g/mol. The van der Waals surface area contributed by atoms with Crippen molar-refractivity contribution in [2.24, 2.45) is 0 Å². The van der Waals surface area contributed by atoms with Gasteiger partial charge in [-0.05, 0) is 42.0 Å². The van der Waals surface area contributed by atoms with Crippen molar-refractivity contribution in [1.82, 2.24) is 9.55 Å². The first-order chi connectivity index (χ1) is 13.7. The number of methoxy groups -OCH3 is 2. The van der Waals surface area contributed by atoms with E-state index in [9.17, 15) is 4.79 Å². The third-order valence-corrected chi connectivity index (χ3v) is 4.70. The number of hydrogen-bond acceptors (Lipinski definition) is 4. The number of carbonyl (C=O) groups is 1. The maximum atomic E-state index is 11.8. The van der Waals surface area contributed by atoms with Crippen molar-refractivity contribution in [3.63, 3.8) is 0 Å². The zero-order valence-electron chi connectivity index (χ0n) is 15.8. The van der Waals surface area contributed by atoms with Gasteiger partial charge in [-0.15, -0.1) is 0 Å². The molecule has 0 aliphatic heterocycles. The molecule has 4 aromatic rings. The van der Waals surface area contributed by atoms with Crippen molar-refractivity contribution in [3.8, 4) is 17.0 Å². The van der Waals surface area contributed by atoms with Gasteiger partial charge < -0.3 is 14.0 Å². The van der Waals surface area contributed by atoms with Gasteiger partial charge in [0.2, 0.25) is 0 Å². The lowest BCUT2D eigenvalue weighted by Crippen LogP contribution is -2.09. The lowest BCUT2D eigenvalue weighted by atomic mass is 10.1.